The SMILES string of the molecule is Cc1nc([C@@H](CO)NC(=O)c2c3c(nc4ccccc24)CCC3)n[nH]1. The molecule has 0 bridgehead atoms. The summed E-state index contributed by atoms with van der Waals surface area (Å²) in [6.45, 7) is 1.50. The van der Waals surface area contributed by atoms with Crippen LogP contribution in [0.25, 0.3) is 10.9 Å². The average Bonchev–Trinajstić information content (AvgIpc) is 3.25. The maximum atomic E-state index is 13.1. The minimum absolute atomic E-state index is 0.224. The lowest BCUT2D eigenvalue weighted by molar-refractivity contribution is 0.0914. The summed E-state index contributed by atoms with van der Waals surface area (Å²) < 4.78 is 0. The number of para-hydroxylation sites is 1. The van der Waals surface area contributed by atoms with Gasteiger partial charge in [0.1, 0.15) is 11.9 Å². The largest absolute Gasteiger partial charge is 0.394 e. The Hall–Kier alpha value is -2.80. The van der Waals surface area contributed by atoms with Crippen LogP contribution in [0.2, 0.25) is 0 Å². The van der Waals surface area contributed by atoms with Crippen molar-refractivity contribution in [2.45, 2.75) is 32.2 Å². The molecule has 0 saturated carbocycles. The summed E-state index contributed by atoms with van der Waals surface area (Å²) in [5.74, 6) is 0.791. The van der Waals surface area contributed by atoms with Gasteiger partial charge in [0.15, 0.2) is 5.82 Å². The topological polar surface area (TPSA) is 104 Å². The van der Waals surface area contributed by atoms with Crippen LogP contribution in [-0.4, -0.2) is 37.8 Å². The molecule has 25 heavy (non-hydrogen) atoms. The molecule has 0 aliphatic heterocycles. The first-order valence-corrected chi connectivity index (χ1v) is 8.38. The molecule has 3 N–H and O–H groups in total. The summed E-state index contributed by atoms with van der Waals surface area (Å²) in [4.78, 5) is 22.0. The van der Waals surface area contributed by atoms with Gasteiger partial charge in [0, 0.05) is 11.1 Å². The third-order valence-electron chi connectivity index (χ3n) is 4.56. The van der Waals surface area contributed by atoms with Crippen molar-refractivity contribution in [3.63, 3.8) is 0 Å². The van der Waals surface area contributed by atoms with Crippen LogP contribution in [0.1, 0.15) is 45.7 Å². The number of fused-ring (bicyclic) bond motifs is 2. The second-order valence-corrected chi connectivity index (χ2v) is 6.27. The Bertz CT molecular complexity index is 950. The van der Waals surface area contributed by atoms with Crippen molar-refractivity contribution in [1.82, 2.24) is 25.5 Å². The van der Waals surface area contributed by atoms with Crippen LogP contribution >= 0.6 is 0 Å². The third kappa shape index (κ3) is 2.76. The van der Waals surface area contributed by atoms with Crippen molar-refractivity contribution in [2.24, 2.45) is 0 Å². The number of nitrogens with zero attached hydrogens (tertiary/aromatic N) is 3. The summed E-state index contributed by atoms with van der Waals surface area (Å²) in [7, 11) is 0. The van der Waals surface area contributed by atoms with E-state index in [-0.39, 0.29) is 12.5 Å². The molecule has 1 aliphatic carbocycles. The van der Waals surface area contributed by atoms with Crippen LogP contribution < -0.4 is 5.32 Å². The van der Waals surface area contributed by atoms with Crippen molar-refractivity contribution in [2.75, 3.05) is 6.61 Å². The number of aromatic nitrogens is 4. The van der Waals surface area contributed by atoms with E-state index in [2.05, 4.69) is 20.5 Å². The Balaban J connectivity index is 1.75. The summed E-state index contributed by atoms with van der Waals surface area (Å²) in [6, 6.07) is 7.02. The molecule has 1 aliphatic rings. The monoisotopic (exact) mass is 337 g/mol. The highest BCUT2D eigenvalue weighted by atomic mass is 16.3. The Morgan fingerprint density at radius 3 is 2.92 bits per heavy atom. The molecule has 128 valence electrons. The zero-order valence-corrected chi connectivity index (χ0v) is 13.9. The molecular weight excluding hydrogens is 318 g/mol. The number of amides is 1. The Morgan fingerprint density at radius 1 is 1.32 bits per heavy atom. The molecule has 7 heteroatoms. The molecule has 0 spiro atoms. The van der Waals surface area contributed by atoms with E-state index in [1.165, 1.54) is 0 Å². The Kier molecular flexibility index (Phi) is 3.93. The van der Waals surface area contributed by atoms with Gasteiger partial charge in [-0.3, -0.25) is 14.9 Å². The van der Waals surface area contributed by atoms with E-state index in [0.29, 0.717) is 17.2 Å². The number of carbonyl (C=O) groups is 1. The number of hydrogen-bond donors (Lipinski definition) is 3. The molecule has 2 aromatic heterocycles. The van der Waals surface area contributed by atoms with Crippen LogP contribution in [0.5, 0.6) is 0 Å². The molecule has 0 radical (unpaired) electrons. The van der Waals surface area contributed by atoms with E-state index in [4.69, 9.17) is 4.98 Å². The fourth-order valence-electron chi connectivity index (χ4n) is 3.41. The first kappa shape index (κ1) is 15.7. The lowest BCUT2D eigenvalue weighted by atomic mass is 10.00. The number of aromatic amines is 1. The van der Waals surface area contributed by atoms with E-state index >= 15 is 0 Å². The molecule has 1 aromatic carbocycles. The van der Waals surface area contributed by atoms with Crippen molar-refractivity contribution in [3.05, 3.63) is 52.7 Å². The highest BCUT2D eigenvalue weighted by Crippen LogP contribution is 2.30. The number of aliphatic hydroxyl groups is 1. The molecule has 7 nitrogen and oxygen atoms in total. The zero-order valence-electron chi connectivity index (χ0n) is 13.9. The van der Waals surface area contributed by atoms with Crippen molar-refractivity contribution in [3.8, 4) is 0 Å². The minimum Gasteiger partial charge on any atom is -0.394 e. The van der Waals surface area contributed by atoms with Gasteiger partial charge in [0.2, 0.25) is 0 Å². The number of aliphatic hydroxyl groups excluding tert-OH is 1. The molecule has 2 heterocycles. The number of rotatable bonds is 4. The quantitative estimate of drug-likeness (QED) is 0.671. The summed E-state index contributed by atoms with van der Waals surface area (Å²) in [5, 5.41) is 20.2. The minimum atomic E-state index is -0.651. The van der Waals surface area contributed by atoms with Gasteiger partial charge in [-0.1, -0.05) is 18.2 Å². The second-order valence-electron chi connectivity index (χ2n) is 6.27. The lowest BCUT2D eigenvalue weighted by Gasteiger charge is -2.16. The number of nitrogens with one attached hydrogen (secondary N) is 2. The number of pyridine rings is 1. The van der Waals surface area contributed by atoms with Gasteiger partial charge in [-0.15, -0.1) is 0 Å². The number of hydrogen-bond acceptors (Lipinski definition) is 5. The van der Waals surface area contributed by atoms with Gasteiger partial charge in [-0.2, -0.15) is 5.10 Å². The number of aryl methyl sites for hydroxylation is 2. The third-order valence-corrected chi connectivity index (χ3v) is 4.56. The van der Waals surface area contributed by atoms with Crippen LogP contribution in [0, 0.1) is 6.92 Å². The van der Waals surface area contributed by atoms with Crippen molar-refractivity contribution >= 4 is 16.8 Å². The zero-order chi connectivity index (χ0) is 17.4. The van der Waals surface area contributed by atoms with E-state index in [1.807, 2.05) is 24.3 Å². The smallest absolute Gasteiger partial charge is 0.252 e. The van der Waals surface area contributed by atoms with E-state index in [0.717, 1.165) is 41.4 Å². The standard InChI is InChI=1S/C18H19N5O2/c1-10-19-17(23-22-10)15(9-24)21-18(25)16-11-5-2-3-7-13(11)20-14-8-4-6-12(14)16/h2-3,5,7,15,24H,4,6,8-9H2,1H3,(H,21,25)(H,19,22,23)/t15-/m1/s1. The van der Waals surface area contributed by atoms with Gasteiger partial charge in [0.25, 0.3) is 5.91 Å². The fraction of sp³-hybridized carbons (Fsp3) is 0.333. The molecule has 4 rings (SSSR count). The number of carbonyl (C=O) groups excluding carboxylic acids is 1. The fourth-order valence-corrected chi connectivity index (χ4v) is 3.41. The molecule has 1 amide bonds. The molecule has 1 atom stereocenters. The Morgan fingerprint density at radius 2 is 2.16 bits per heavy atom. The highest BCUT2D eigenvalue weighted by Gasteiger charge is 2.26. The van der Waals surface area contributed by atoms with Crippen LogP contribution in [0.15, 0.2) is 24.3 Å². The summed E-state index contributed by atoms with van der Waals surface area (Å²) >= 11 is 0. The molecular formula is C18H19N5O2. The van der Waals surface area contributed by atoms with E-state index in [1.54, 1.807) is 6.92 Å². The van der Waals surface area contributed by atoms with Crippen molar-refractivity contribution in [1.29, 1.82) is 0 Å². The predicted octanol–water partition coefficient (Wildman–Crippen LogP) is 1.61. The maximum Gasteiger partial charge on any atom is 0.252 e. The second kappa shape index (κ2) is 6.25. The predicted molar refractivity (Wildman–Crippen MR) is 92.2 cm³/mol. The summed E-state index contributed by atoms with van der Waals surface area (Å²) in [5.41, 5.74) is 3.49. The molecule has 0 saturated heterocycles. The number of H-pyrrole nitrogens is 1. The lowest BCUT2D eigenvalue weighted by Crippen LogP contribution is -2.32. The highest BCUT2D eigenvalue weighted by molar-refractivity contribution is 6.08. The van der Waals surface area contributed by atoms with Gasteiger partial charge < -0.3 is 10.4 Å². The normalized spacial score (nSPS) is 14.5. The van der Waals surface area contributed by atoms with Crippen LogP contribution in [0.4, 0.5) is 0 Å². The summed E-state index contributed by atoms with van der Waals surface area (Å²) in [6.07, 6.45) is 2.74. The maximum absolute atomic E-state index is 13.1. The first-order valence-electron chi connectivity index (χ1n) is 8.38. The molecule has 0 fully saturated rings. The average molecular weight is 337 g/mol. The first-order chi connectivity index (χ1) is 12.2. The van der Waals surface area contributed by atoms with Crippen LogP contribution in [-0.2, 0) is 12.8 Å². The Labute approximate surface area is 144 Å². The van der Waals surface area contributed by atoms with Gasteiger partial charge in [0.05, 0.1) is 17.7 Å². The van der Waals surface area contributed by atoms with Crippen molar-refractivity contribution < 1.29 is 9.90 Å². The van der Waals surface area contributed by atoms with E-state index in [9.17, 15) is 9.90 Å². The van der Waals surface area contributed by atoms with Gasteiger partial charge in [-0.05, 0) is 37.8 Å². The van der Waals surface area contributed by atoms with E-state index < -0.39 is 6.04 Å². The molecule has 0 unspecified atom stereocenters. The van der Waals surface area contributed by atoms with Crippen LogP contribution in [0.3, 0.4) is 0 Å². The number of benzene rings is 1. The van der Waals surface area contributed by atoms with Gasteiger partial charge in [-0.25, -0.2) is 4.98 Å². The van der Waals surface area contributed by atoms with Gasteiger partial charge >= 0.3 is 0 Å². The molecule has 3 aromatic rings.